The van der Waals surface area contributed by atoms with Crippen LogP contribution in [-0.4, -0.2) is 31.5 Å². The third-order valence-electron chi connectivity index (χ3n) is 4.95. The van der Waals surface area contributed by atoms with E-state index >= 15 is 0 Å². The fourth-order valence-electron chi connectivity index (χ4n) is 3.06. The molecule has 3 unspecified atom stereocenters. The van der Waals surface area contributed by atoms with E-state index in [1.807, 2.05) is 31.2 Å². The third kappa shape index (κ3) is 4.41. The van der Waals surface area contributed by atoms with E-state index in [0.717, 1.165) is 17.5 Å². The predicted molar refractivity (Wildman–Crippen MR) is 101 cm³/mol. The first kappa shape index (κ1) is 19.9. The van der Waals surface area contributed by atoms with Crippen molar-refractivity contribution in [2.75, 3.05) is 21.3 Å². The molecule has 0 saturated heterocycles. The molecule has 0 fully saturated rings. The van der Waals surface area contributed by atoms with Gasteiger partial charge < -0.3 is 24.4 Å². The molecule has 0 heterocycles. The van der Waals surface area contributed by atoms with Crippen molar-refractivity contribution < 1.29 is 24.4 Å². The van der Waals surface area contributed by atoms with Gasteiger partial charge >= 0.3 is 0 Å². The Kier molecular flexibility index (Phi) is 6.75. The molecule has 0 bridgehead atoms. The van der Waals surface area contributed by atoms with Gasteiger partial charge in [0.25, 0.3) is 0 Å². The third-order valence-corrected chi connectivity index (χ3v) is 4.95. The first-order valence-corrected chi connectivity index (χ1v) is 8.67. The molecule has 0 aliphatic rings. The van der Waals surface area contributed by atoms with Gasteiger partial charge in [0, 0.05) is 0 Å². The molecular formula is C21H28O5. The predicted octanol–water partition coefficient (Wildman–Crippen LogP) is 3.97. The summed E-state index contributed by atoms with van der Waals surface area (Å²) >= 11 is 0. The lowest BCUT2D eigenvalue weighted by Crippen LogP contribution is -2.19. The average molecular weight is 360 g/mol. The Balaban J connectivity index is 2.13. The fourth-order valence-corrected chi connectivity index (χ4v) is 3.06. The monoisotopic (exact) mass is 360 g/mol. The van der Waals surface area contributed by atoms with E-state index < -0.39 is 6.10 Å². The molecule has 0 amide bonds. The first-order valence-electron chi connectivity index (χ1n) is 8.67. The van der Waals surface area contributed by atoms with Crippen LogP contribution in [0.25, 0.3) is 0 Å². The minimum atomic E-state index is -0.621. The van der Waals surface area contributed by atoms with E-state index in [1.165, 1.54) is 7.11 Å². The normalized spacial score (nSPS) is 14.4. The summed E-state index contributed by atoms with van der Waals surface area (Å²) in [6.07, 6.45) is 0.145. The van der Waals surface area contributed by atoms with Crippen molar-refractivity contribution in [3.05, 3.63) is 47.5 Å². The molecule has 0 aromatic heterocycles. The molecule has 2 aromatic rings. The second-order valence-electron chi connectivity index (χ2n) is 6.61. The first-order chi connectivity index (χ1) is 12.4. The van der Waals surface area contributed by atoms with Crippen molar-refractivity contribution in [2.24, 2.45) is 11.8 Å². The van der Waals surface area contributed by atoms with Crippen molar-refractivity contribution in [3.8, 4) is 23.0 Å². The Labute approximate surface area is 155 Å². The summed E-state index contributed by atoms with van der Waals surface area (Å²) in [4.78, 5) is 0. The van der Waals surface area contributed by atoms with Gasteiger partial charge in [-0.25, -0.2) is 0 Å². The van der Waals surface area contributed by atoms with Gasteiger partial charge in [-0.1, -0.05) is 26.0 Å². The number of hydrogen-bond donors (Lipinski definition) is 2. The lowest BCUT2D eigenvalue weighted by molar-refractivity contribution is 0.0869. The molecule has 2 rings (SSSR count). The van der Waals surface area contributed by atoms with Crippen LogP contribution in [0.5, 0.6) is 23.0 Å². The number of rotatable bonds is 8. The van der Waals surface area contributed by atoms with Crippen LogP contribution in [-0.2, 0) is 6.42 Å². The molecule has 0 radical (unpaired) electrons. The second kappa shape index (κ2) is 8.81. The van der Waals surface area contributed by atoms with Gasteiger partial charge in [0.2, 0.25) is 0 Å². The summed E-state index contributed by atoms with van der Waals surface area (Å²) in [5.41, 5.74) is 1.85. The maximum absolute atomic E-state index is 10.8. The van der Waals surface area contributed by atoms with Gasteiger partial charge in [0.15, 0.2) is 23.0 Å². The number of aromatic hydroxyl groups is 1. The number of methoxy groups -OCH3 is 3. The summed E-state index contributed by atoms with van der Waals surface area (Å²) in [7, 11) is 4.70. The van der Waals surface area contributed by atoms with E-state index in [4.69, 9.17) is 14.2 Å². The molecule has 3 atom stereocenters. The maximum atomic E-state index is 10.8. The lowest BCUT2D eigenvalue weighted by atomic mass is 9.83. The highest BCUT2D eigenvalue weighted by molar-refractivity contribution is 5.44. The summed E-state index contributed by atoms with van der Waals surface area (Å²) in [5.74, 6) is 2.07. The van der Waals surface area contributed by atoms with E-state index in [1.54, 1.807) is 26.4 Å². The zero-order valence-electron chi connectivity index (χ0n) is 16.0. The summed E-state index contributed by atoms with van der Waals surface area (Å²) in [6.45, 7) is 4.14. The van der Waals surface area contributed by atoms with Gasteiger partial charge in [0.1, 0.15) is 0 Å². The van der Waals surface area contributed by atoms with E-state index in [9.17, 15) is 10.2 Å². The summed E-state index contributed by atoms with van der Waals surface area (Å²) in [5, 5.41) is 20.5. The second-order valence-corrected chi connectivity index (χ2v) is 6.61. The van der Waals surface area contributed by atoms with Crippen LogP contribution in [0.4, 0.5) is 0 Å². The van der Waals surface area contributed by atoms with Crippen LogP contribution in [0.1, 0.15) is 31.1 Å². The Bertz CT molecular complexity index is 728. The molecule has 0 saturated carbocycles. The van der Waals surface area contributed by atoms with Gasteiger partial charge in [0.05, 0.1) is 27.4 Å². The summed E-state index contributed by atoms with van der Waals surface area (Å²) < 4.78 is 15.7. The van der Waals surface area contributed by atoms with Crippen LogP contribution < -0.4 is 14.2 Å². The number of benzene rings is 2. The number of phenols is 1. The highest BCUT2D eigenvalue weighted by Crippen LogP contribution is 2.36. The zero-order valence-corrected chi connectivity index (χ0v) is 16.0. The molecule has 142 valence electrons. The Morgan fingerprint density at radius 1 is 0.846 bits per heavy atom. The fraction of sp³-hybridized carbons (Fsp3) is 0.429. The van der Waals surface area contributed by atoms with Gasteiger partial charge in [-0.3, -0.25) is 0 Å². The number of phenolic OH excluding ortho intramolecular Hbond substituents is 1. The smallest absolute Gasteiger partial charge is 0.161 e. The maximum Gasteiger partial charge on any atom is 0.161 e. The van der Waals surface area contributed by atoms with Crippen LogP contribution in [0, 0.1) is 11.8 Å². The molecule has 0 aliphatic heterocycles. The number of aliphatic hydroxyl groups excluding tert-OH is 1. The van der Waals surface area contributed by atoms with Gasteiger partial charge in [-0.05, 0) is 53.6 Å². The molecule has 26 heavy (non-hydrogen) atoms. The highest BCUT2D eigenvalue weighted by Gasteiger charge is 2.24. The molecule has 2 aromatic carbocycles. The van der Waals surface area contributed by atoms with Crippen LogP contribution in [0.2, 0.25) is 0 Å². The van der Waals surface area contributed by atoms with Crippen LogP contribution in [0.15, 0.2) is 36.4 Å². The Hall–Kier alpha value is -2.40. The minimum absolute atomic E-state index is 0.0212. The molecule has 5 nitrogen and oxygen atoms in total. The lowest BCUT2D eigenvalue weighted by Gasteiger charge is -2.26. The number of ether oxygens (including phenoxy) is 3. The molecule has 2 N–H and O–H groups in total. The molecule has 5 heteroatoms. The topological polar surface area (TPSA) is 68.2 Å². The number of aliphatic hydroxyl groups is 1. The molecule has 0 aliphatic carbocycles. The SMILES string of the molecule is COc1cc(CC(C)C(C)C(O)c2ccc(OC)c(OC)c2)ccc1O. The van der Waals surface area contributed by atoms with Gasteiger partial charge in [-0.15, -0.1) is 0 Å². The molecular weight excluding hydrogens is 332 g/mol. The quantitative estimate of drug-likeness (QED) is 0.746. The largest absolute Gasteiger partial charge is 0.504 e. The van der Waals surface area contributed by atoms with E-state index in [0.29, 0.717) is 17.2 Å². The van der Waals surface area contributed by atoms with E-state index in [-0.39, 0.29) is 17.6 Å². The highest BCUT2D eigenvalue weighted by atomic mass is 16.5. The zero-order chi connectivity index (χ0) is 19.3. The Morgan fingerprint density at radius 2 is 1.50 bits per heavy atom. The molecule has 0 spiro atoms. The minimum Gasteiger partial charge on any atom is -0.504 e. The Morgan fingerprint density at radius 3 is 2.12 bits per heavy atom. The van der Waals surface area contributed by atoms with Gasteiger partial charge in [-0.2, -0.15) is 0 Å². The van der Waals surface area contributed by atoms with Crippen molar-refractivity contribution in [1.29, 1.82) is 0 Å². The van der Waals surface area contributed by atoms with Crippen molar-refractivity contribution in [1.82, 2.24) is 0 Å². The average Bonchev–Trinajstić information content (AvgIpc) is 2.67. The van der Waals surface area contributed by atoms with Crippen LogP contribution >= 0.6 is 0 Å². The van der Waals surface area contributed by atoms with Crippen molar-refractivity contribution in [3.63, 3.8) is 0 Å². The summed E-state index contributed by atoms with van der Waals surface area (Å²) in [6, 6.07) is 10.8. The van der Waals surface area contributed by atoms with Crippen LogP contribution in [0.3, 0.4) is 0 Å². The van der Waals surface area contributed by atoms with Crippen molar-refractivity contribution in [2.45, 2.75) is 26.4 Å². The standard InChI is InChI=1S/C21H28O5/c1-13(10-15-6-8-17(22)19(11-15)25-4)14(2)21(23)16-7-9-18(24-3)20(12-16)26-5/h6-9,11-14,21-23H,10H2,1-5H3. The van der Waals surface area contributed by atoms with E-state index in [2.05, 4.69) is 6.92 Å². The number of hydrogen-bond acceptors (Lipinski definition) is 5. The van der Waals surface area contributed by atoms with Crippen molar-refractivity contribution >= 4 is 0 Å².